The predicted molar refractivity (Wildman–Crippen MR) is 72.1 cm³/mol. The van der Waals surface area contributed by atoms with Gasteiger partial charge in [0.2, 0.25) is 0 Å². The average Bonchev–Trinajstić information content (AvgIpc) is 2.85. The molecule has 2 rings (SSSR count). The van der Waals surface area contributed by atoms with Crippen LogP contribution in [0.4, 0.5) is 0 Å². The molecule has 5 nitrogen and oxygen atoms in total. The molecule has 1 N–H and O–H groups in total. The molecular weight excluding hydrogens is 244 g/mol. The Kier molecular flexibility index (Phi) is 4.39. The normalized spacial score (nSPS) is 24.0. The molecule has 0 spiro atoms. The molecule has 1 aliphatic heterocycles. The molecular formula is C14H22N2O3. The first kappa shape index (κ1) is 14.2. The lowest BCUT2D eigenvalue weighted by Gasteiger charge is -2.15. The number of nitrogens with zero attached hydrogens (tertiary/aromatic N) is 2. The lowest BCUT2D eigenvalue weighted by atomic mass is 10.2. The fourth-order valence-corrected chi connectivity index (χ4v) is 2.53. The zero-order valence-electron chi connectivity index (χ0n) is 11.8. The highest BCUT2D eigenvalue weighted by Crippen LogP contribution is 2.18. The minimum absolute atomic E-state index is 0.0792. The summed E-state index contributed by atoms with van der Waals surface area (Å²) in [7, 11) is 1.94. The standard InChI is InChI=1S/C14H22N2O3/c1-4-19-14-9-16(8-13(14)18)7-12-5-11(10(2)17)6-15(12)3/h5-6,13-14,18H,4,7-9H2,1-3H3/t13-,14-/m0/s1. The van der Waals surface area contributed by atoms with Crippen LogP contribution in [-0.4, -0.2) is 52.3 Å². The molecule has 1 aliphatic rings. The van der Waals surface area contributed by atoms with E-state index in [1.165, 1.54) is 0 Å². The van der Waals surface area contributed by atoms with Crippen molar-refractivity contribution in [3.8, 4) is 0 Å². The largest absolute Gasteiger partial charge is 0.389 e. The molecule has 0 bridgehead atoms. The molecule has 19 heavy (non-hydrogen) atoms. The molecule has 5 heteroatoms. The molecule has 0 aliphatic carbocycles. The van der Waals surface area contributed by atoms with Crippen LogP contribution < -0.4 is 0 Å². The van der Waals surface area contributed by atoms with Crippen LogP contribution in [0, 0.1) is 0 Å². The van der Waals surface area contributed by atoms with Gasteiger partial charge in [0, 0.05) is 50.7 Å². The Labute approximate surface area is 113 Å². The second-order valence-electron chi connectivity index (χ2n) is 5.14. The Bertz CT molecular complexity index is 456. The van der Waals surface area contributed by atoms with Crippen LogP contribution in [-0.2, 0) is 18.3 Å². The van der Waals surface area contributed by atoms with Gasteiger partial charge in [-0.2, -0.15) is 0 Å². The van der Waals surface area contributed by atoms with Crippen LogP contribution >= 0.6 is 0 Å². The highest BCUT2D eigenvalue weighted by atomic mass is 16.5. The maximum atomic E-state index is 11.4. The van der Waals surface area contributed by atoms with Crippen LogP contribution in [0.1, 0.15) is 29.9 Å². The van der Waals surface area contributed by atoms with Gasteiger partial charge in [-0.3, -0.25) is 9.69 Å². The topological polar surface area (TPSA) is 54.7 Å². The minimum atomic E-state index is -0.424. The van der Waals surface area contributed by atoms with Crippen LogP contribution in [0.3, 0.4) is 0 Å². The molecule has 0 aromatic carbocycles. The Balaban J connectivity index is 2.00. The number of aliphatic hydroxyl groups is 1. The van der Waals surface area contributed by atoms with Crippen LogP contribution in [0.15, 0.2) is 12.3 Å². The Morgan fingerprint density at radius 3 is 2.84 bits per heavy atom. The second-order valence-corrected chi connectivity index (χ2v) is 5.14. The maximum Gasteiger partial charge on any atom is 0.161 e. The van der Waals surface area contributed by atoms with Gasteiger partial charge in [-0.1, -0.05) is 0 Å². The van der Waals surface area contributed by atoms with E-state index in [0.717, 1.165) is 24.3 Å². The molecule has 2 atom stereocenters. The van der Waals surface area contributed by atoms with Gasteiger partial charge in [-0.15, -0.1) is 0 Å². The van der Waals surface area contributed by atoms with Crippen LogP contribution in [0.5, 0.6) is 0 Å². The third-order valence-electron chi connectivity index (χ3n) is 3.59. The van der Waals surface area contributed by atoms with Gasteiger partial charge in [-0.05, 0) is 19.9 Å². The van der Waals surface area contributed by atoms with Gasteiger partial charge in [-0.25, -0.2) is 0 Å². The number of aryl methyl sites for hydroxylation is 1. The van der Waals surface area contributed by atoms with Gasteiger partial charge in [0.1, 0.15) is 0 Å². The summed E-state index contributed by atoms with van der Waals surface area (Å²) in [6, 6.07) is 1.92. The monoisotopic (exact) mass is 266 g/mol. The van der Waals surface area contributed by atoms with Crippen LogP contribution in [0.2, 0.25) is 0 Å². The van der Waals surface area contributed by atoms with Crippen molar-refractivity contribution in [1.29, 1.82) is 0 Å². The summed E-state index contributed by atoms with van der Waals surface area (Å²) in [6.45, 7) is 6.20. The SMILES string of the molecule is CCO[C@H]1CN(Cc2cc(C(C)=O)cn2C)C[C@@H]1O. The fourth-order valence-electron chi connectivity index (χ4n) is 2.53. The zero-order valence-corrected chi connectivity index (χ0v) is 11.8. The van der Waals surface area contributed by atoms with E-state index in [-0.39, 0.29) is 11.9 Å². The first-order chi connectivity index (χ1) is 9.01. The van der Waals surface area contributed by atoms with Crippen molar-refractivity contribution in [3.05, 3.63) is 23.5 Å². The molecule has 2 heterocycles. The van der Waals surface area contributed by atoms with Crippen molar-refractivity contribution in [3.63, 3.8) is 0 Å². The summed E-state index contributed by atoms with van der Waals surface area (Å²) in [5.41, 5.74) is 1.81. The number of ether oxygens (including phenoxy) is 1. The Morgan fingerprint density at radius 2 is 2.26 bits per heavy atom. The van der Waals surface area contributed by atoms with E-state index in [9.17, 15) is 9.90 Å². The number of hydrogen-bond donors (Lipinski definition) is 1. The van der Waals surface area contributed by atoms with Crippen molar-refractivity contribution >= 4 is 5.78 Å². The first-order valence-electron chi connectivity index (χ1n) is 6.69. The summed E-state index contributed by atoms with van der Waals surface area (Å²) in [4.78, 5) is 13.5. The molecule has 0 unspecified atom stereocenters. The molecule has 0 radical (unpaired) electrons. The Morgan fingerprint density at radius 1 is 1.53 bits per heavy atom. The minimum Gasteiger partial charge on any atom is -0.389 e. The number of carbonyl (C=O) groups excluding carboxylic acids is 1. The van der Waals surface area contributed by atoms with E-state index >= 15 is 0 Å². The lowest BCUT2D eigenvalue weighted by Crippen LogP contribution is -2.26. The number of ketones is 1. The number of hydrogen-bond acceptors (Lipinski definition) is 4. The molecule has 0 amide bonds. The summed E-state index contributed by atoms with van der Waals surface area (Å²) < 4.78 is 7.47. The molecule has 0 saturated carbocycles. The maximum absolute atomic E-state index is 11.4. The number of Topliss-reactive ketones (excluding diaryl/α,β-unsaturated/α-hetero) is 1. The van der Waals surface area contributed by atoms with E-state index < -0.39 is 6.10 Å². The summed E-state index contributed by atoms with van der Waals surface area (Å²) in [6.07, 6.45) is 1.33. The highest BCUT2D eigenvalue weighted by molar-refractivity contribution is 5.94. The third kappa shape index (κ3) is 3.23. The first-order valence-corrected chi connectivity index (χ1v) is 6.69. The van der Waals surface area contributed by atoms with Gasteiger partial charge in [0.15, 0.2) is 5.78 Å². The van der Waals surface area contributed by atoms with Crippen molar-refractivity contribution in [2.45, 2.75) is 32.6 Å². The van der Waals surface area contributed by atoms with Crippen molar-refractivity contribution in [2.24, 2.45) is 7.05 Å². The number of carbonyl (C=O) groups is 1. The molecule has 106 valence electrons. The fraction of sp³-hybridized carbons (Fsp3) is 0.643. The van der Waals surface area contributed by atoms with E-state index in [4.69, 9.17) is 4.74 Å². The number of β-amino-alcohol motifs (C(OH)–C–C–N with tert-alkyl or cyclic N) is 1. The third-order valence-corrected chi connectivity index (χ3v) is 3.59. The predicted octanol–water partition coefficient (Wildman–Crippen LogP) is 0.809. The summed E-state index contributed by atoms with van der Waals surface area (Å²) in [5, 5.41) is 9.90. The molecule has 1 aromatic rings. The van der Waals surface area contributed by atoms with E-state index in [0.29, 0.717) is 13.2 Å². The van der Waals surface area contributed by atoms with Crippen molar-refractivity contribution in [1.82, 2.24) is 9.47 Å². The quantitative estimate of drug-likeness (QED) is 0.801. The van der Waals surface area contributed by atoms with Gasteiger partial charge >= 0.3 is 0 Å². The van der Waals surface area contributed by atoms with E-state index in [1.807, 2.05) is 30.8 Å². The van der Waals surface area contributed by atoms with Crippen LogP contribution in [0.25, 0.3) is 0 Å². The number of aliphatic hydroxyl groups excluding tert-OH is 1. The van der Waals surface area contributed by atoms with E-state index in [1.54, 1.807) is 6.92 Å². The van der Waals surface area contributed by atoms with Gasteiger partial charge in [0.05, 0.1) is 12.2 Å². The highest BCUT2D eigenvalue weighted by Gasteiger charge is 2.31. The Hall–Kier alpha value is -1.17. The summed E-state index contributed by atoms with van der Waals surface area (Å²) >= 11 is 0. The van der Waals surface area contributed by atoms with Crippen molar-refractivity contribution in [2.75, 3.05) is 19.7 Å². The number of aromatic nitrogens is 1. The smallest absolute Gasteiger partial charge is 0.161 e. The zero-order chi connectivity index (χ0) is 14.0. The molecule has 1 fully saturated rings. The van der Waals surface area contributed by atoms with Gasteiger partial charge in [0.25, 0.3) is 0 Å². The van der Waals surface area contributed by atoms with E-state index in [2.05, 4.69) is 4.90 Å². The number of rotatable bonds is 5. The number of likely N-dealkylation sites (tertiary alicyclic amines) is 1. The molecule has 1 saturated heterocycles. The molecule has 1 aromatic heterocycles. The summed E-state index contributed by atoms with van der Waals surface area (Å²) in [5.74, 6) is 0.0792. The van der Waals surface area contributed by atoms with Crippen molar-refractivity contribution < 1.29 is 14.6 Å². The van der Waals surface area contributed by atoms with Gasteiger partial charge < -0.3 is 14.4 Å². The lowest BCUT2D eigenvalue weighted by molar-refractivity contribution is -0.00245. The average molecular weight is 266 g/mol. The second kappa shape index (κ2) is 5.86.